The molecule has 132 valence electrons. The molecule has 0 spiro atoms. The van der Waals surface area contributed by atoms with Gasteiger partial charge in [0.05, 0.1) is 5.69 Å². The van der Waals surface area contributed by atoms with Crippen LogP contribution in [-0.4, -0.2) is 46.3 Å². The van der Waals surface area contributed by atoms with E-state index in [0.29, 0.717) is 24.7 Å². The van der Waals surface area contributed by atoms with Crippen molar-refractivity contribution in [3.8, 4) is 11.6 Å². The Kier molecular flexibility index (Phi) is 5.48. The van der Waals surface area contributed by atoms with Crippen LogP contribution in [0.1, 0.15) is 25.5 Å². The van der Waals surface area contributed by atoms with Gasteiger partial charge in [0.2, 0.25) is 5.88 Å². The molecule has 1 aromatic carbocycles. The molecular weight excluding hydrogens is 318 g/mol. The molecular formula is C19H23N3O3. The quantitative estimate of drug-likeness (QED) is 0.836. The molecule has 1 aliphatic rings. The van der Waals surface area contributed by atoms with E-state index in [9.17, 15) is 4.79 Å². The van der Waals surface area contributed by atoms with Gasteiger partial charge in [-0.25, -0.2) is 0 Å². The summed E-state index contributed by atoms with van der Waals surface area (Å²) in [6.07, 6.45) is 1.12. The molecule has 0 bridgehead atoms. The van der Waals surface area contributed by atoms with E-state index in [4.69, 9.17) is 9.47 Å². The summed E-state index contributed by atoms with van der Waals surface area (Å²) in [5, 5.41) is 8.02. The Hall–Kier alpha value is -2.63. The fraction of sp³-hybridized carbons (Fsp3) is 0.421. The van der Waals surface area contributed by atoms with Crippen molar-refractivity contribution < 1.29 is 14.3 Å². The highest BCUT2D eigenvalue weighted by atomic mass is 16.5. The maximum atomic E-state index is 12.5. The maximum absolute atomic E-state index is 12.5. The summed E-state index contributed by atoms with van der Waals surface area (Å²) in [4.78, 5) is 14.4. The van der Waals surface area contributed by atoms with Crippen molar-refractivity contribution in [1.29, 1.82) is 0 Å². The second-order valence-corrected chi connectivity index (χ2v) is 6.23. The Balaban J connectivity index is 1.48. The molecule has 3 rings (SSSR count). The molecule has 2 heterocycles. The molecule has 2 aromatic rings. The number of piperidine rings is 1. The monoisotopic (exact) mass is 341 g/mol. The smallest absolute Gasteiger partial charge is 0.263 e. The SMILES string of the molecule is Cc1ccc(OC2CCN(C(=O)[C@@H](C)Oc3ccccc3)CC2)nn1. The van der Waals surface area contributed by atoms with Gasteiger partial charge >= 0.3 is 0 Å². The van der Waals surface area contributed by atoms with Gasteiger partial charge < -0.3 is 14.4 Å². The minimum Gasteiger partial charge on any atom is -0.481 e. The van der Waals surface area contributed by atoms with E-state index in [-0.39, 0.29) is 12.0 Å². The van der Waals surface area contributed by atoms with Crippen LogP contribution in [0.2, 0.25) is 0 Å². The van der Waals surface area contributed by atoms with Crippen LogP contribution in [0, 0.1) is 6.92 Å². The molecule has 0 unspecified atom stereocenters. The number of aryl methyl sites for hydroxylation is 1. The van der Waals surface area contributed by atoms with E-state index in [1.54, 1.807) is 6.92 Å². The number of nitrogens with zero attached hydrogens (tertiary/aromatic N) is 3. The van der Waals surface area contributed by atoms with Crippen LogP contribution in [0.4, 0.5) is 0 Å². The van der Waals surface area contributed by atoms with E-state index >= 15 is 0 Å². The van der Waals surface area contributed by atoms with Crippen LogP contribution in [0.25, 0.3) is 0 Å². The van der Waals surface area contributed by atoms with Gasteiger partial charge in [-0.3, -0.25) is 4.79 Å². The number of para-hydroxylation sites is 1. The molecule has 6 nitrogen and oxygen atoms in total. The minimum absolute atomic E-state index is 0.0115. The predicted octanol–water partition coefficient (Wildman–Crippen LogP) is 2.62. The number of likely N-dealkylation sites (tertiary alicyclic amines) is 1. The van der Waals surface area contributed by atoms with Gasteiger partial charge in [-0.2, -0.15) is 5.10 Å². The van der Waals surface area contributed by atoms with Gasteiger partial charge in [0.25, 0.3) is 5.91 Å². The van der Waals surface area contributed by atoms with Crippen LogP contribution < -0.4 is 9.47 Å². The molecule has 1 atom stereocenters. The summed E-state index contributed by atoms with van der Waals surface area (Å²) in [5.41, 5.74) is 0.861. The van der Waals surface area contributed by atoms with Crippen molar-refractivity contribution in [3.63, 3.8) is 0 Å². The Morgan fingerprint density at radius 2 is 1.84 bits per heavy atom. The maximum Gasteiger partial charge on any atom is 0.263 e. The molecule has 0 N–H and O–H groups in total. The summed E-state index contributed by atoms with van der Waals surface area (Å²) in [6, 6.07) is 13.1. The fourth-order valence-corrected chi connectivity index (χ4v) is 2.83. The van der Waals surface area contributed by atoms with Crippen molar-refractivity contribution in [1.82, 2.24) is 15.1 Å². The zero-order valence-corrected chi connectivity index (χ0v) is 14.6. The number of carbonyl (C=O) groups is 1. The van der Waals surface area contributed by atoms with Gasteiger partial charge in [0.1, 0.15) is 11.9 Å². The zero-order chi connectivity index (χ0) is 17.6. The average Bonchev–Trinajstić information content (AvgIpc) is 2.64. The molecule has 0 saturated carbocycles. The number of carbonyl (C=O) groups excluding carboxylic acids is 1. The first-order valence-corrected chi connectivity index (χ1v) is 8.59. The van der Waals surface area contributed by atoms with Crippen LogP contribution in [0.3, 0.4) is 0 Å². The van der Waals surface area contributed by atoms with Crippen molar-refractivity contribution in [2.75, 3.05) is 13.1 Å². The van der Waals surface area contributed by atoms with Gasteiger partial charge in [0, 0.05) is 32.0 Å². The third kappa shape index (κ3) is 4.68. The zero-order valence-electron chi connectivity index (χ0n) is 14.6. The second-order valence-electron chi connectivity index (χ2n) is 6.23. The van der Waals surface area contributed by atoms with Gasteiger partial charge in [-0.05, 0) is 32.0 Å². The average molecular weight is 341 g/mol. The Morgan fingerprint density at radius 3 is 2.48 bits per heavy atom. The predicted molar refractivity (Wildman–Crippen MR) is 93.5 cm³/mol. The van der Waals surface area contributed by atoms with Crippen LogP contribution in [-0.2, 0) is 4.79 Å². The van der Waals surface area contributed by atoms with Crippen LogP contribution in [0.15, 0.2) is 42.5 Å². The van der Waals surface area contributed by atoms with E-state index in [1.807, 2.05) is 54.3 Å². The molecule has 1 aliphatic heterocycles. The Morgan fingerprint density at radius 1 is 1.12 bits per heavy atom. The molecule has 0 aliphatic carbocycles. The molecule has 1 fully saturated rings. The lowest BCUT2D eigenvalue weighted by molar-refractivity contribution is -0.139. The van der Waals surface area contributed by atoms with Crippen molar-refractivity contribution >= 4 is 5.91 Å². The normalized spacial score (nSPS) is 16.3. The first-order chi connectivity index (χ1) is 12.1. The van der Waals surface area contributed by atoms with Crippen LogP contribution >= 0.6 is 0 Å². The third-order valence-corrected chi connectivity index (χ3v) is 4.22. The number of rotatable bonds is 5. The first kappa shape index (κ1) is 17.2. The molecule has 1 saturated heterocycles. The highest BCUT2D eigenvalue weighted by molar-refractivity contribution is 5.81. The van der Waals surface area contributed by atoms with Crippen molar-refractivity contribution in [3.05, 3.63) is 48.2 Å². The molecule has 1 amide bonds. The molecule has 1 aromatic heterocycles. The lowest BCUT2D eigenvalue weighted by atomic mass is 10.1. The highest BCUT2D eigenvalue weighted by Gasteiger charge is 2.28. The van der Waals surface area contributed by atoms with E-state index in [2.05, 4.69) is 10.2 Å². The number of ether oxygens (including phenoxy) is 2. The number of hydrogen-bond donors (Lipinski definition) is 0. The second kappa shape index (κ2) is 7.96. The largest absolute Gasteiger partial charge is 0.481 e. The van der Waals surface area contributed by atoms with E-state index in [0.717, 1.165) is 18.5 Å². The summed E-state index contributed by atoms with van der Waals surface area (Å²) in [6.45, 7) is 5.00. The van der Waals surface area contributed by atoms with E-state index < -0.39 is 6.10 Å². The molecule has 6 heteroatoms. The molecule has 0 radical (unpaired) electrons. The number of amides is 1. The van der Waals surface area contributed by atoms with Gasteiger partial charge in [-0.1, -0.05) is 18.2 Å². The van der Waals surface area contributed by atoms with Gasteiger partial charge in [0.15, 0.2) is 6.10 Å². The van der Waals surface area contributed by atoms with Crippen LogP contribution in [0.5, 0.6) is 11.6 Å². The topological polar surface area (TPSA) is 64.5 Å². The highest BCUT2D eigenvalue weighted by Crippen LogP contribution is 2.19. The number of hydrogen-bond acceptors (Lipinski definition) is 5. The van der Waals surface area contributed by atoms with Crippen molar-refractivity contribution in [2.45, 2.75) is 38.9 Å². The summed E-state index contributed by atoms with van der Waals surface area (Å²) in [7, 11) is 0. The summed E-state index contributed by atoms with van der Waals surface area (Å²) >= 11 is 0. The van der Waals surface area contributed by atoms with Crippen molar-refractivity contribution in [2.24, 2.45) is 0 Å². The minimum atomic E-state index is -0.497. The number of benzene rings is 1. The van der Waals surface area contributed by atoms with Gasteiger partial charge in [-0.15, -0.1) is 5.10 Å². The fourth-order valence-electron chi connectivity index (χ4n) is 2.83. The summed E-state index contributed by atoms with van der Waals surface area (Å²) < 4.78 is 11.6. The number of aromatic nitrogens is 2. The standard InChI is InChI=1S/C19H23N3O3/c1-14-8-9-18(21-20-14)25-17-10-12-22(13-11-17)19(23)15(2)24-16-6-4-3-5-7-16/h3-9,15,17H,10-13H2,1-2H3/t15-/m1/s1. The Bertz CT molecular complexity index is 683. The first-order valence-electron chi connectivity index (χ1n) is 8.59. The summed E-state index contributed by atoms with van der Waals surface area (Å²) in [5.74, 6) is 1.26. The molecule has 25 heavy (non-hydrogen) atoms. The lowest BCUT2D eigenvalue weighted by Crippen LogP contribution is -2.46. The third-order valence-electron chi connectivity index (χ3n) is 4.22. The Labute approximate surface area is 147 Å². The van der Waals surface area contributed by atoms with E-state index in [1.165, 1.54) is 0 Å². The lowest BCUT2D eigenvalue weighted by Gasteiger charge is -2.33.